The van der Waals surface area contributed by atoms with Gasteiger partial charge in [0.15, 0.2) is 0 Å². The van der Waals surface area contributed by atoms with Gasteiger partial charge < -0.3 is 10.3 Å². The number of anilines is 1. The summed E-state index contributed by atoms with van der Waals surface area (Å²) >= 11 is 0. The molecule has 0 radical (unpaired) electrons. The van der Waals surface area contributed by atoms with Gasteiger partial charge in [-0.3, -0.25) is 9.59 Å². The smallest absolute Gasteiger partial charge is 0.266 e. The molecule has 2 N–H and O–H groups in total. The summed E-state index contributed by atoms with van der Waals surface area (Å²) in [4.78, 5) is 28.4. The maximum absolute atomic E-state index is 11.0. The summed E-state index contributed by atoms with van der Waals surface area (Å²) in [5.74, 6) is -0.152. The van der Waals surface area contributed by atoms with Gasteiger partial charge >= 0.3 is 0 Å². The molecule has 0 aliphatic carbocycles. The van der Waals surface area contributed by atoms with Crippen LogP contribution in [-0.4, -0.2) is 15.9 Å². The fourth-order valence-corrected chi connectivity index (χ4v) is 1.32. The van der Waals surface area contributed by atoms with Crippen molar-refractivity contribution in [2.75, 3.05) is 5.32 Å². The molecule has 0 atom stereocenters. The molecule has 0 aliphatic rings. The molecule has 2 rings (SSSR count). The van der Waals surface area contributed by atoms with Crippen LogP contribution in [0.4, 0.5) is 5.69 Å². The normalized spacial score (nSPS) is 10.2. The predicted molar refractivity (Wildman–Crippen MR) is 56.7 cm³/mol. The zero-order chi connectivity index (χ0) is 10.8. The van der Waals surface area contributed by atoms with Crippen LogP contribution in [0.5, 0.6) is 0 Å². The van der Waals surface area contributed by atoms with Crippen molar-refractivity contribution < 1.29 is 4.79 Å². The van der Waals surface area contributed by atoms with Crippen molar-refractivity contribution in [3.63, 3.8) is 0 Å². The van der Waals surface area contributed by atoms with Gasteiger partial charge in [0.25, 0.3) is 5.56 Å². The summed E-state index contributed by atoms with van der Waals surface area (Å²) < 4.78 is 0. The van der Waals surface area contributed by atoms with Gasteiger partial charge in [-0.15, -0.1) is 0 Å². The van der Waals surface area contributed by atoms with E-state index in [4.69, 9.17) is 0 Å². The van der Waals surface area contributed by atoms with E-state index in [1.807, 2.05) is 0 Å². The largest absolute Gasteiger partial charge is 0.326 e. The van der Waals surface area contributed by atoms with E-state index in [1.54, 1.807) is 18.2 Å². The topological polar surface area (TPSA) is 74.8 Å². The lowest BCUT2D eigenvalue weighted by Gasteiger charge is -2.02. The summed E-state index contributed by atoms with van der Waals surface area (Å²) in [6, 6.07) is 5.14. The number of hydrogen-bond acceptors (Lipinski definition) is 3. The third-order valence-corrected chi connectivity index (χ3v) is 1.90. The van der Waals surface area contributed by atoms with Crippen molar-refractivity contribution in [1.82, 2.24) is 9.97 Å². The molecular weight excluding hydrogens is 194 g/mol. The molecule has 1 heterocycles. The first-order chi connectivity index (χ1) is 7.15. The predicted octanol–water partition coefficient (Wildman–Crippen LogP) is 0.881. The Balaban J connectivity index is 2.54. The quantitative estimate of drug-likeness (QED) is 0.722. The van der Waals surface area contributed by atoms with Gasteiger partial charge in [-0.2, -0.15) is 0 Å². The Bertz CT molecular complexity index is 574. The third-order valence-electron chi connectivity index (χ3n) is 1.90. The second-order valence-corrected chi connectivity index (χ2v) is 3.16. The number of nitrogens with zero attached hydrogens (tertiary/aromatic N) is 1. The van der Waals surface area contributed by atoms with Crippen molar-refractivity contribution in [3.05, 3.63) is 34.7 Å². The summed E-state index contributed by atoms with van der Waals surface area (Å²) in [5, 5.41) is 2.63. The van der Waals surface area contributed by atoms with Crippen LogP contribution < -0.4 is 10.9 Å². The Kier molecular flexibility index (Phi) is 2.21. The summed E-state index contributed by atoms with van der Waals surface area (Å²) in [6.07, 6.45) is 1.22. The van der Waals surface area contributed by atoms with Gasteiger partial charge in [-0.05, 0) is 18.2 Å². The number of carbonyl (C=O) groups excluding carboxylic acids is 1. The van der Waals surface area contributed by atoms with Crippen LogP contribution in [0, 0.1) is 0 Å². The second-order valence-electron chi connectivity index (χ2n) is 3.16. The highest BCUT2D eigenvalue weighted by molar-refractivity contribution is 5.91. The molecule has 1 aromatic heterocycles. The first-order valence-corrected chi connectivity index (χ1v) is 4.42. The summed E-state index contributed by atoms with van der Waals surface area (Å²) in [5.41, 5.74) is 1.67. The number of aromatic nitrogens is 2. The summed E-state index contributed by atoms with van der Waals surface area (Å²) in [7, 11) is 0. The van der Waals surface area contributed by atoms with Crippen LogP contribution in [0.2, 0.25) is 0 Å². The number of rotatable bonds is 1. The zero-order valence-corrected chi connectivity index (χ0v) is 8.07. The number of benzene rings is 1. The molecular formula is C10H9N3O2. The van der Waals surface area contributed by atoms with E-state index in [0.29, 0.717) is 16.7 Å². The molecule has 1 aromatic carbocycles. The van der Waals surface area contributed by atoms with E-state index < -0.39 is 0 Å². The average Bonchev–Trinajstić information content (AvgIpc) is 2.16. The molecule has 0 saturated heterocycles. The van der Waals surface area contributed by atoms with Crippen molar-refractivity contribution in [2.45, 2.75) is 6.92 Å². The molecule has 0 bridgehead atoms. The Labute approximate surface area is 85.2 Å². The fourth-order valence-electron chi connectivity index (χ4n) is 1.32. The van der Waals surface area contributed by atoms with Crippen molar-refractivity contribution in [2.24, 2.45) is 0 Å². The van der Waals surface area contributed by atoms with E-state index in [1.165, 1.54) is 13.1 Å². The number of fused-ring (bicyclic) bond motifs is 1. The van der Waals surface area contributed by atoms with Gasteiger partial charge in [-0.1, -0.05) is 0 Å². The maximum atomic E-state index is 11.0. The molecule has 1 amide bonds. The molecule has 15 heavy (non-hydrogen) atoms. The number of carbonyl (C=O) groups is 1. The molecule has 76 valence electrons. The minimum atomic E-state index is -0.262. The van der Waals surface area contributed by atoms with Gasteiger partial charge in [0, 0.05) is 12.6 Å². The number of aromatic amines is 1. The van der Waals surface area contributed by atoms with Gasteiger partial charge in [-0.25, -0.2) is 4.98 Å². The highest BCUT2D eigenvalue weighted by Crippen LogP contribution is 2.13. The minimum Gasteiger partial charge on any atom is -0.326 e. The number of hydrogen-bond donors (Lipinski definition) is 2. The first-order valence-electron chi connectivity index (χ1n) is 4.42. The van der Waals surface area contributed by atoms with Crippen LogP contribution in [0.3, 0.4) is 0 Å². The SMILES string of the molecule is CC(=O)Nc1ccc2ncc(=O)[nH]c2c1. The lowest BCUT2D eigenvalue weighted by Crippen LogP contribution is -2.07. The highest BCUT2D eigenvalue weighted by atomic mass is 16.1. The van der Waals surface area contributed by atoms with E-state index in [-0.39, 0.29) is 11.5 Å². The van der Waals surface area contributed by atoms with Crippen LogP contribution in [0.25, 0.3) is 11.0 Å². The Morgan fingerprint density at radius 1 is 1.47 bits per heavy atom. The zero-order valence-electron chi connectivity index (χ0n) is 8.07. The number of nitrogens with one attached hydrogen (secondary N) is 2. The van der Waals surface area contributed by atoms with E-state index >= 15 is 0 Å². The molecule has 5 nitrogen and oxygen atoms in total. The van der Waals surface area contributed by atoms with Gasteiger partial charge in [0.05, 0.1) is 17.2 Å². The van der Waals surface area contributed by atoms with Crippen molar-refractivity contribution >= 4 is 22.6 Å². The van der Waals surface area contributed by atoms with Crippen LogP contribution in [0.1, 0.15) is 6.92 Å². The van der Waals surface area contributed by atoms with Crippen LogP contribution >= 0.6 is 0 Å². The standard InChI is InChI=1S/C10H9N3O2/c1-6(14)12-7-2-3-8-9(4-7)13-10(15)5-11-8/h2-5H,1H3,(H,12,14)(H,13,15). The third kappa shape index (κ3) is 2.01. The van der Waals surface area contributed by atoms with Crippen LogP contribution in [0.15, 0.2) is 29.2 Å². The van der Waals surface area contributed by atoms with Gasteiger partial charge in [0.2, 0.25) is 5.91 Å². The Morgan fingerprint density at radius 3 is 3.00 bits per heavy atom. The number of H-pyrrole nitrogens is 1. The monoisotopic (exact) mass is 203 g/mol. The lowest BCUT2D eigenvalue weighted by molar-refractivity contribution is -0.114. The van der Waals surface area contributed by atoms with E-state index in [9.17, 15) is 9.59 Å². The fraction of sp³-hybridized carbons (Fsp3) is 0.100. The Morgan fingerprint density at radius 2 is 2.27 bits per heavy atom. The summed E-state index contributed by atoms with van der Waals surface area (Å²) in [6.45, 7) is 1.43. The lowest BCUT2D eigenvalue weighted by atomic mass is 10.2. The minimum absolute atomic E-state index is 0.152. The average molecular weight is 203 g/mol. The second kappa shape index (κ2) is 3.53. The van der Waals surface area contributed by atoms with Gasteiger partial charge in [0.1, 0.15) is 0 Å². The molecule has 0 fully saturated rings. The molecule has 0 saturated carbocycles. The van der Waals surface area contributed by atoms with E-state index in [2.05, 4.69) is 15.3 Å². The molecule has 5 heteroatoms. The first kappa shape index (κ1) is 9.39. The van der Waals surface area contributed by atoms with E-state index in [0.717, 1.165) is 0 Å². The van der Waals surface area contributed by atoms with Crippen molar-refractivity contribution in [1.29, 1.82) is 0 Å². The molecule has 0 aliphatic heterocycles. The molecule has 2 aromatic rings. The maximum Gasteiger partial charge on any atom is 0.266 e. The molecule has 0 unspecified atom stereocenters. The van der Waals surface area contributed by atoms with Crippen molar-refractivity contribution in [3.8, 4) is 0 Å². The Hall–Kier alpha value is -2.17. The van der Waals surface area contributed by atoms with Crippen LogP contribution in [-0.2, 0) is 4.79 Å². The number of amides is 1. The molecule has 0 spiro atoms. The highest BCUT2D eigenvalue weighted by Gasteiger charge is 1.99.